The Balaban J connectivity index is 2.16. The lowest BCUT2D eigenvalue weighted by Crippen LogP contribution is -2.60. The Morgan fingerprint density at radius 1 is 1.29 bits per heavy atom. The zero-order valence-electron chi connectivity index (χ0n) is 13.0. The molecule has 1 aromatic carbocycles. The topological polar surface area (TPSA) is 23.6 Å². The predicted octanol–water partition coefficient (Wildman–Crippen LogP) is 2.56. The van der Waals surface area contributed by atoms with E-state index in [0.717, 1.165) is 31.8 Å². The van der Waals surface area contributed by atoms with Crippen molar-refractivity contribution in [2.24, 2.45) is 0 Å². The summed E-state index contributed by atoms with van der Waals surface area (Å²) >= 11 is 0. The Hall–Kier alpha value is -1.33. The van der Waals surface area contributed by atoms with E-state index in [1.807, 2.05) is 0 Å². The van der Waals surface area contributed by atoms with Gasteiger partial charge in [-0.1, -0.05) is 0 Å². The molecule has 1 heterocycles. The second-order valence-electron chi connectivity index (χ2n) is 6.37. The highest BCUT2D eigenvalue weighted by Crippen LogP contribution is 2.22. The summed E-state index contributed by atoms with van der Waals surface area (Å²) in [7, 11) is 2.06. The van der Waals surface area contributed by atoms with Gasteiger partial charge in [0.25, 0.3) is 0 Å². The van der Waals surface area contributed by atoms with Gasteiger partial charge in [-0.25, -0.2) is 8.78 Å². The van der Waals surface area contributed by atoms with Crippen molar-refractivity contribution in [3.63, 3.8) is 0 Å². The van der Waals surface area contributed by atoms with E-state index in [-0.39, 0.29) is 16.9 Å². The van der Waals surface area contributed by atoms with Crippen LogP contribution in [0.15, 0.2) is 18.2 Å². The lowest BCUT2D eigenvalue weighted by molar-refractivity contribution is 0.0211. The minimum Gasteiger partial charge on any atom is -0.299 e. The molecule has 1 unspecified atom stereocenters. The molecule has 5 heteroatoms. The molecule has 1 atom stereocenters. The lowest BCUT2D eigenvalue weighted by Gasteiger charge is -2.47. The van der Waals surface area contributed by atoms with E-state index in [0.29, 0.717) is 0 Å². The van der Waals surface area contributed by atoms with Crippen LogP contribution in [-0.4, -0.2) is 53.8 Å². The monoisotopic (exact) mass is 296 g/mol. The Labute approximate surface area is 124 Å². The molecule has 3 nitrogen and oxygen atoms in total. The quantitative estimate of drug-likeness (QED) is 0.801. The number of halogens is 2. The van der Waals surface area contributed by atoms with Gasteiger partial charge in [0, 0.05) is 31.2 Å². The van der Waals surface area contributed by atoms with E-state index in [9.17, 15) is 13.6 Å². The molecule has 1 fully saturated rings. The summed E-state index contributed by atoms with van der Waals surface area (Å²) in [5.41, 5.74) is -0.0747. The standard InChI is InChI=1S/C16H22F2N2O/c1-11(20-8-7-19(4)16(2,3)10-20)15(21)13-6-5-12(17)9-14(13)18/h5-6,9,11H,7-8,10H2,1-4H3. The van der Waals surface area contributed by atoms with Crippen molar-refractivity contribution in [2.75, 3.05) is 26.7 Å². The second-order valence-corrected chi connectivity index (χ2v) is 6.37. The van der Waals surface area contributed by atoms with Crippen LogP contribution in [0.2, 0.25) is 0 Å². The van der Waals surface area contributed by atoms with Gasteiger partial charge in [-0.2, -0.15) is 0 Å². The molecule has 1 saturated heterocycles. The van der Waals surface area contributed by atoms with E-state index in [4.69, 9.17) is 0 Å². The van der Waals surface area contributed by atoms with Crippen molar-refractivity contribution >= 4 is 5.78 Å². The van der Waals surface area contributed by atoms with Gasteiger partial charge in [-0.15, -0.1) is 0 Å². The molecule has 0 N–H and O–H groups in total. The first kappa shape index (κ1) is 16.0. The van der Waals surface area contributed by atoms with Crippen LogP contribution in [0.1, 0.15) is 31.1 Å². The summed E-state index contributed by atoms with van der Waals surface area (Å²) in [6.45, 7) is 8.38. The number of benzene rings is 1. The van der Waals surface area contributed by atoms with E-state index >= 15 is 0 Å². The highest BCUT2D eigenvalue weighted by molar-refractivity contribution is 6.00. The minimum absolute atomic E-state index is 0.0336. The third-order valence-corrected chi connectivity index (χ3v) is 4.47. The summed E-state index contributed by atoms with van der Waals surface area (Å²) in [4.78, 5) is 16.8. The van der Waals surface area contributed by atoms with Crippen molar-refractivity contribution in [1.82, 2.24) is 9.80 Å². The van der Waals surface area contributed by atoms with E-state index in [1.54, 1.807) is 6.92 Å². The molecule has 1 aliphatic rings. The predicted molar refractivity (Wildman–Crippen MR) is 78.4 cm³/mol. The van der Waals surface area contributed by atoms with Crippen LogP contribution >= 0.6 is 0 Å². The molecule has 0 bridgehead atoms. The van der Waals surface area contributed by atoms with Crippen molar-refractivity contribution < 1.29 is 13.6 Å². The zero-order valence-corrected chi connectivity index (χ0v) is 13.0. The molecule has 21 heavy (non-hydrogen) atoms. The van der Waals surface area contributed by atoms with E-state index < -0.39 is 17.7 Å². The first-order chi connectivity index (χ1) is 9.72. The molecule has 1 aliphatic heterocycles. The molecule has 0 radical (unpaired) electrons. The first-order valence-corrected chi connectivity index (χ1v) is 7.17. The van der Waals surface area contributed by atoms with Gasteiger partial charge >= 0.3 is 0 Å². The smallest absolute Gasteiger partial charge is 0.182 e. The number of carbonyl (C=O) groups excluding carboxylic acids is 1. The molecule has 0 spiro atoms. The van der Waals surface area contributed by atoms with Crippen molar-refractivity contribution in [2.45, 2.75) is 32.4 Å². The zero-order chi connectivity index (χ0) is 15.8. The van der Waals surface area contributed by atoms with E-state index in [2.05, 4.69) is 30.7 Å². The fourth-order valence-electron chi connectivity index (χ4n) is 2.69. The first-order valence-electron chi connectivity index (χ1n) is 7.17. The molecule has 2 rings (SSSR count). The molecular weight excluding hydrogens is 274 g/mol. The number of ketones is 1. The highest BCUT2D eigenvalue weighted by atomic mass is 19.1. The number of likely N-dealkylation sites (N-methyl/N-ethyl adjacent to an activating group) is 1. The maximum atomic E-state index is 13.8. The van der Waals surface area contributed by atoms with Gasteiger partial charge in [-0.3, -0.25) is 14.6 Å². The normalized spacial score (nSPS) is 21.2. The summed E-state index contributed by atoms with van der Waals surface area (Å²) in [6, 6.07) is 2.69. The molecular formula is C16H22F2N2O. The number of hydrogen-bond acceptors (Lipinski definition) is 3. The van der Waals surface area contributed by atoms with Crippen molar-refractivity contribution in [3.8, 4) is 0 Å². The van der Waals surface area contributed by atoms with Crippen LogP contribution in [-0.2, 0) is 0 Å². The Morgan fingerprint density at radius 3 is 2.52 bits per heavy atom. The number of hydrogen-bond donors (Lipinski definition) is 0. The Bertz CT molecular complexity index is 545. The molecule has 0 aliphatic carbocycles. The summed E-state index contributed by atoms with van der Waals surface area (Å²) in [5.74, 6) is -1.76. The number of piperazine rings is 1. The van der Waals surface area contributed by atoms with E-state index in [1.165, 1.54) is 6.07 Å². The largest absolute Gasteiger partial charge is 0.299 e. The SMILES string of the molecule is CC(C(=O)c1ccc(F)cc1F)N1CCN(C)C(C)(C)C1. The molecule has 116 valence electrons. The number of rotatable bonds is 3. The van der Waals surface area contributed by atoms with Crippen LogP contribution < -0.4 is 0 Å². The van der Waals surface area contributed by atoms with Crippen molar-refractivity contribution in [3.05, 3.63) is 35.4 Å². The fraction of sp³-hybridized carbons (Fsp3) is 0.562. The van der Waals surface area contributed by atoms with Crippen LogP contribution in [0.25, 0.3) is 0 Å². The van der Waals surface area contributed by atoms with Crippen LogP contribution in [0.3, 0.4) is 0 Å². The summed E-state index contributed by atoms with van der Waals surface area (Å²) < 4.78 is 26.7. The van der Waals surface area contributed by atoms with Gasteiger partial charge in [0.1, 0.15) is 11.6 Å². The van der Waals surface area contributed by atoms with Gasteiger partial charge < -0.3 is 0 Å². The molecule has 1 aromatic rings. The summed E-state index contributed by atoms with van der Waals surface area (Å²) in [6.07, 6.45) is 0. The highest BCUT2D eigenvalue weighted by Gasteiger charge is 2.35. The average molecular weight is 296 g/mol. The maximum absolute atomic E-state index is 13.8. The van der Waals surface area contributed by atoms with Crippen LogP contribution in [0.5, 0.6) is 0 Å². The summed E-state index contributed by atoms with van der Waals surface area (Å²) in [5, 5.41) is 0. The van der Waals surface area contributed by atoms with Crippen LogP contribution in [0.4, 0.5) is 8.78 Å². The lowest BCUT2D eigenvalue weighted by atomic mass is 9.96. The van der Waals surface area contributed by atoms with Crippen LogP contribution in [0, 0.1) is 11.6 Å². The third-order valence-electron chi connectivity index (χ3n) is 4.47. The van der Waals surface area contributed by atoms with Gasteiger partial charge in [0.05, 0.1) is 11.6 Å². The molecule has 0 saturated carbocycles. The maximum Gasteiger partial charge on any atom is 0.182 e. The van der Waals surface area contributed by atoms with Crippen molar-refractivity contribution in [1.29, 1.82) is 0 Å². The fourth-order valence-corrected chi connectivity index (χ4v) is 2.69. The molecule has 0 amide bonds. The van der Waals surface area contributed by atoms with Gasteiger partial charge in [-0.05, 0) is 40.0 Å². The Morgan fingerprint density at radius 2 is 1.95 bits per heavy atom. The number of carbonyl (C=O) groups is 1. The van der Waals surface area contributed by atoms with Gasteiger partial charge in [0.15, 0.2) is 5.78 Å². The Kier molecular flexibility index (Phi) is 4.44. The average Bonchev–Trinajstić information content (AvgIpc) is 2.40. The van der Waals surface area contributed by atoms with Gasteiger partial charge in [0.2, 0.25) is 0 Å². The second kappa shape index (κ2) is 5.81. The number of Topliss-reactive ketones (excluding diaryl/α,β-unsaturated/α-hetero) is 1. The number of nitrogens with zero attached hydrogens (tertiary/aromatic N) is 2. The minimum atomic E-state index is -0.791. The molecule has 0 aromatic heterocycles. The third kappa shape index (κ3) is 3.30.